The Balaban J connectivity index is 1.82. The summed E-state index contributed by atoms with van der Waals surface area (Å²) in [6.07, 6.45) is 3.78. The average molecular weight is 465 g/mol. The summed E-state index contributed by atoms with van der Waals surface area (Å²) in [5.74, 6) is 0.239. The molecule has 0 aliphatic heterocycles. The lowest BCUT2D eigenvalue weighted by molar-refractivity contribution is 0.667. The molecule has 0 spiro atoms. The molecular formula is C26H24N8O. The van der Waals surface area contributed by atoms with E-state index in [0.29, 0.717) is 27.7 Å². The van der Waals surface area contributed by atoms with Gasteiger partial charge in [-0.15, -0.1) is 0 Å². The van der Waals surface area contributed by atoms with Gasteiger partial charge in [-0.05, 0) is 42.5 Å². The molecule has 174 valence electrons. The Morgan fingerprint density at radius 2 is 1.83 bits per heavy atom. The number of nitrogen functional groups attached to an aromatic ring is 1. The van der Waals surface area contributed by atoms with Crippen LogP contribution in [0.15, 0.2) is 65.9 Å². The van der Waals surface area contributed by atoms with Crippen LogP contribution in [-0.2, 0) is 6.54 Å². The van der Waals surface area contributed by atoms with Crippen LogP contribution < -0.4 is 17.0 Å². The molecule has 0 atom stereocenters. The molecule has 0 aliphatic carbocycles. The lowest BCUT2D eigenvalue weighted by Crippen LogP contribution is -2.25. The number of fused-ring (bicyclic) bond motifs is 2. The van der Waals surface area contributed by atoms with E-state index >= 15 is 0 Å². The first-order valence-electron chi connectivity index (χ1n) is 11.0. The van der Waals surface area contributed by atoms with E-state index in [9.17, 15) is 4.79 Å². The molecule has 3 heterocycles. The first-order valence-corrected chi connectivity index (χ1v) is 11.0. The van der Waals surface area contributed by atoms with Gasteiger partial charge in [-0.1, -0.05) is 36.4 Å². The largest absolute Gasteiger partial charge is 0.404 e. The molecule has 3 aromatic heterocycles. The van der Waals surface area contributed by atoms with Crippen LogP contribution in [0.25, 0.3) is 33.1 Å². The third kappa shape index (κ3) is 3.54. The molecule has 0 bridgehead atoms. The summed E-state index contributed by atoms with van der Waals surface area (Å²) in [6, 6.07) is 15.6. The summed E-state index contributed by atoms with van der Waals surface area (Å²) in [5, 5.41) is 14.5. The van der Waals surface area contributed by atoms with E-state index in [1.165, 1.54) is 12.5 Å². The number of aromatic nitrogens is 5. The summed E-state index contributed by atoms with van der Waals surface area (Å²) in [5.41, 5.74) is 16.5. The Labute approximate surface area is 200 Å². The first-order chi connectivity index (χ1) is 16.9. The third-order valence-corrected chi connectivity index (χ3v) is 6.17. The molecular weight excluding hydrogens is 440 g/mol. The Morgan fingerprint density at radius 1 is 1.06 bits per heavy atom. The number of aryl methyl sites for hydroxylation is 2. The number of nitrogens with two attached hydrogens (primary N) is 2. The van der Waals surface area contributed by atoms with E-state index < -0.39 is 0 Å². The van der Waals surface area contributed by atoms with Crippen LogP contribution >= 0.6 is 0 Å². The number of pyridine rings is 1. The molecule has 5 rings (SSSR count). The monoisotopic (exact) mass is 464 g/mol. The van der Waals surface area contributed by atoms with Crippen molar-refractivity contribution in [2.75, 3.05) is 5.73 Å². The van der Waals surface area contributed by atoms with Crippen molar-refractivity contribution >= 4 is 39.4 Å². The van der Waals surface area contributed by atoms with E-state index in [2.05, 4.69) is 9.97 Å². The maximum absolute atomic E-state index is 13.9. The Kier molecular flexibility index (Phi) is 5.37. The normalized spacial score (nSPS) is 11.9. The maximum atomic E-state index is 13.9. The molecule has 0 radical (unpaired) electrons. The zero-order chi connectivity index (χ0) is 24.7. The molecule has 0 fully saturated rings. The van der Waals surface area contributed by atoms with Crippen LogP contribution in [0.4, 0.5) is 5.82 Å². The summed E-state index contributed by atoms with van der Waals surface area (Å²) >= 11 is 0. The highest BCUT2D eigenvalue weighted by Gasteiger charge is 2.20. The molecule has 9 nitrogen and oxygen atoms in total. The van der Waals surface area contributed by atoms with Crippen LogP contribution in [0.1, 0.15) is 22.5 Å². The summed E-state index contributed by atoms with van der Waals surface area (Å²) in [4.78, 5) is 22.4. The van der Waals surface area contributed by atoms with Crippen molar-refractivity contribution in [1.29, 1.82) is 5.41 Å². The first kappa shape index (κ1) is 22.0. The minimum Gasteiger partial charge on any atom is -0.404 e. The Hall–Kier alpha value is -4.79. The van der Waals surface area contributed by atoms with Crippen molar-refractivity contribution in [2.45, 2.75) is 20.4 Å². The van der Waals surface area contributed by atoms with E-state index in [0.717, 1.165) is 34.1 Å². The fourth-order valence-corrected chi connectivity index (χ4v) is 4.48. The summed E-state index contributed by atoms with van der Waals surface area (Å²) in [6.45, 7) is 4.15. The number of benzene rings is 2. The van der Waals surface area contributed by atoms with Gasteiger partial charge >= 0.3 is 0 Å². The van der Waals surface area contributed by atoms with Crippen molar-refractivity contribution in [1.82, 2.24) is 24.3 Å². The summed E-state index contributed by atoms with van der Waals surface area (Å²) < 4.78 is 3.40. The molecule has 0 aliphatic rings. The zero-order valence-electron chi connectivity index (χ0n) is 19.4. The second-order valence-corrected chi connectivity index (χ2v) is 8.33. The van der Waals surface area contributed by atoms with Crippen LogP contribution in [0.5, 0.6) is 0 Å². The number of rotatable bonds is 5. The molecule has 0 unspecified atom stereocenters. The molecule has 5 aromatic rings. The second kappa shape index (κ2) is 8.53. The summed E-state index contributed by atoms with van der Waals surface area (Å²) in [7, 11) is 0. The van der Waals surface area contributed by atoms with Crippen molar-refractivity contribution < 1.29 is 0 Å². The highest BCUT2D eigenvalue weighted by atomic mass is 16.1. The standard InChI is InChI=1S/C26H24N8O/c1-15-6-3-4-9-20(15)34-19(10-17-8-5-7-16(2)21(17)26(34)35)13-33-25-22(24(29)30-14-31-25)23(32-33)18(11-27)12-28/h3-12,14,27H,13,28H2,1-2H3,(H2,29,30,31)/b18-12+,27-11?. The number of hydrogen-bond acceptors (Lipinski definition) is 7. The van der Waals surface area contributed by atoms with Gasteiger partial charge in [0.1, 0.15) is 17.8 Å². The predicted molar refractivity (Wildman–Crippen MR) is 139 cm³/mol. The van der Waals surface area contributed by atoms with Gasteiger partial charge in [0.2, 0.25) is 0 Å². The number of para-hydroxylation sites is 1. The van der Waals surface area contributed by atoms with Gasteiger partial charge in [0.25, 0.3) is 5.56 Å². The molecule has 5 N–H and O–H groups in total. The predicted octanol–water partition coefficient (Wildman–Crippen LogP) is 3.33. The van der Waals surface area contributed by atoms with E-state index in [-0.39, 0.29) is 17.9 Å². The smallest absolute Gasteiger partial charge is 0.263 e. The number of allylic oxidation sites excluding steroid dienone is 1. The highest BCUT2D eigenvalue weighted by molar-refractivity contribution is 6.13. The highest BCUT2D eigenvalue weighted by Crippen LogP contribution is 2.27. The number of nitrogens with zero attached hydrogens (tertiary/aromatic N) is 5. The third-order valence-electron chi connectivity index (χ3n) is 6.17. The van der Waals surface area contributed by atoms with Gasteiger partial charge in [0.15, 0.2) is 5.65 Å². The van der Waals surface area contributed by atoms with Crippen molar-refractivity contribution in [3.05, 3.63) is 93.9 Å². The lowest BCUT2D eigenvalue weighted by atomic mass is 10.1. The second-order valence-electron chi connectivity index (χ2n) is 8.33. The molecule has 0 amide bonds. The van der Waals surface area contributed by atoms with Crippen molar-refractivity contribution in [3.63, 3.8) is 0 Å². The minimum atomic E-state index is -0.0993. The van der Waals surface area contributed by atoms with E-state index in [4.69, 9.17) is 22.0 Å². The van der Waals surface area contributed by atoms with Gasteiger partial charge in [-0.2, -0.15) is 5.10 Å². The van der Waals surface area contributed by atoms with Gasteiger partial charge in [0.05, 0.1) is 23.0 Å². The average Bonchev–Trinajstić information content (AvgIpc) is 3.20. The Morgan fingerprint density at radius 3 is 2.57 bits per heavy atom. The molecule has 35 heavy (non-hydrogen) atoms. The number of hydrogen-bond donors (Lipinski definition) is 3. The van der Waals surface area contributed by atoms with Gasteiger partial charge in [0, 0.05) is 23.7 Å². The zero-order valence-corrected chi connectivity index (χ0v) is 19.4. The van der Waals surface area contributed by atoms with Gasteiger partial charge < -0.3 is 16.9 Å². The van der Waals surface area contributed by atoms with Crippen LogP contribution in [0.2, 0.25) is 0 Å². The SMILES string of the molecule is Cc1ccccc1-n1c(Cn2nc(/C(C=N)=C/N)c3c(N)ncnc32)cc2cccc(C)c2c1=O. The van der Waals surface area contributed by atoms with Gasteiger partial charge in [-0.3, -0.25) is 9.36 Å². The van der Waals surface area contributed by atoms with Crippen molar-refractivity contribution in [2.24, 2.45) is 5.73 Å². The fraction of sp³-hybridized carbons (Fsp3) is 0.115. The van der Waals surface area contributed by atoms with Crippen LogP contribution in [0.3, 0.4) is 0 Å². The lowest BCUT2D eigenvalue weighted by Gasteiger charge is -2.17. The fourth-order valence-electron chi connectivity index (χ4n) is 4.48. The molecule has 2 aromatic carbocycles. The quantitative estimate of drug-likeness (QED) is 0.341. The topological polar surface area (TPSA) is 141 Å². The Bertz CT molecular complexity index is 1710. The van der Waals surface area contributed by atoms with Crippen molar-refractivity contribution in [3.8, 4) is 5.69 Å². The number of nitrogens with one attached hydrogen (secondary N) is 1. The van der Waals surface area contributed by atoms with E-state index in [1.807, 2.05) is 62.4 Å². The van der Waals surface area contributed by atoms with Gasteiger partial charge in [-0.25, -0.2) is 14.6 Å². The molecule has 0 saturated heterocycles. The minimum absolute atomic E-state index is 0.0993. The molecule has 9 heteroatoms. The van der Waals surface area contributed by atoms with E-state index in [1.54, 1.807) is 9.25 Å². The molecule has 0 saturated carbocycles. The maximum Gasteiger partial charge on any atom is 0.263 e. The van der Waals surface area contributed by atoms with Crippen LogP contribution in [0, 0.1) is 19.3 Å². The number of anilines is 1. The van der Waals surface area contributed by atoms with Crippen LogP contribution in [-0.4, -0.2) is 30.5 Å².